The summed E-state index contributed by atoms with van der Waals surface area (Å²) in [6.07, 6.45) is -2.33. The molecule has 3 aliphatic rings. The average Bonchev–Trinajstić information content (AvgIpc) is 3.77. The number of likely N-dealkylation sites (tertiary alicyclic amines) is 1. The fourth-order valence-corrected chi connectivity index (χ4v) is 7.53. The first-order chi connectivity index (χ1) is 32.1. The summed E-state index contributed by atoms with van der Waals surface area (Å²) < 4.78 is 26.8. The second-order valence-electron chi connectivity index (χ2n) is 18.3. The number of esters is 1. The fourth-order valence-electron chi connectivity index (χ4n) is 7.53. The SMILES string of the molecule is COCCOCCOCCC(=O)NC[C@@H]1C[C@@H](N2C(=O)C=CC2=O)C(=O)N1CC(=O)N[C@H](C(=O)N[C@@H](C)C(=O)Nc1ccc(COC(=O)C(C)(C)C)c(CC[C@@H]2OC[C@@H](O)[C@H](O)[C@H]2O)c1)C(C)C. The first-order valence-corrected chi connectivity index (χ1v) is 22.7. The first kappa shape index (κ1) is 55.2. The topological polar surface area (TPSA) is 298 Å². The Bertz CT molecular complexity index is 1970. The number of aliphatic hydroxyl groups is 3. The van der Waals surface area contributed by atoms with E-state index in [1.165, 1.54) is 6.92 Å². The number of carbonyl (C=O) groups excluding carboxylic acids is 8. The third kappa shape index (κ3) is 15.9. The summed E-state index contributed by atoms with van der Waals surface area (Å²) in [5, 5.41) is 41.3. The molecule has 0 saturated carbocycles. The average molecular weight is 961 g/mol. The molecule has 7 amide bonds. The van der Waals surface area contributed by atoms with Crippen molar-refractivity contribution in [1.82, 2.24) is 25.8 Å². The number of carbonyl (C=O) groups is 8. The summed E-state index contributed by atoms with van der Waals surface area (Å²) in [5.41, 5.74) is 0.797. The van der Waals surface area contributed by atoms with Gasteiger partial charge < -0.3 is 65.2 Å². The second-order valence-corrected chi connectivity index (χ2v) is 18.3. The Morgan fingerprint density at radius 1 is 0.853 bits per heavy atom. The van der Waals surface area contributed by atoms with Crippen LogP contribution in [-0.4, -0.2) is 181 Å². The molecule has 2 fully saturated rings. The van der Waals surface area contributed by atoms with Gasteiger partial charge in [0.2, 0.25) is 29.5 Å². The molecule has 2 saturated heterocycles. The highest BCUT2D eigenvalue weighted by atomic mass is 16.5. The Labute approximate surface area is 395 Å². The van der Waals surface area contributed by atoms with Gasteiger partial charge >= 0.3 is 5.97 Å². The predicted molar refractivity (Wildman–Crippen MR) is 241 cm³/mol. The van der Waals surface area contributed by atoms with Crippen LogP contribution in [0.5, 0.6) is 0 Å². The standard InChI is InChI=1S/C46H68N6O16/c1-26(2)39(50-36(55)23-51-31(21-32(44(51)62)52-37(56)12-13-38(52)57)22-47-35(54)14-15-65-18-19-66-17-16-64-7)43(61)48-27(3)42(60)49-30-10-8-29(24-68-45(63)46(4,5)6)28(20-30)9-11-34-41(59)40(58)33(53)25-67-34/h8,10,12-13,20,26-27,31-34,39-41,53,58-59H,9,11,14-19,21-25H2,1-7H3,(H,47,54)(H,48,61)(H,49,60)(H,50,55)/t27-,31-,32+,33+,34-,39-,40-,41-/m0/s1. The van der Waals surface area contributed by atoms with Crippen molar-refractivity contribution >= 4 is 53.0 Å². The van der Waals surface area contributed by atoms with Gasteiger partial charge in [0.1, 0.15) is 43.0 Å². The number of nitrogens with zero attached hydrogens (tertiary/aromatic N) is 2. The number of benzene rings is 1. The number of aliphatic hydroxyl groups excluding tert-OH is 3. The van der Waals surface area contributed by atoms with Crippen molar-refractivity contribution in [3.63, 3.8) is 0 Å². The maximum absolute atomic E-state index is 13.8. The molecule has 22 nitrogen and oxygen atoms in total. The van der Waals surface area contributed by atoms with Gasteiger partial charge in [-0.05, 0) is 76.1 Å². The van der Waals surface area contributed by atoms with Gasteiger partial charge in [0.25, 0.3) is 11.8 Å². The number of hydrogen-bond donors (Lipinski definition) is 7. The molecule has 0 aliphatic carbocycles. The minimum Gasteiger partial charge on any atom is -0.460 e. The maximum Gasteiger partial charge on any atom is 0.311 e. The number of amides is 7. The van der Waals surface area contributed by atoms with Gasteiger partial charge in [0.05, 0.1) is 63.7 Å². The van der Waals surface area contributed by atoms with E-state index in [1.807, 2.05) is 0 Å². The number of anilines is 1. The third-order valence-corrected chi connectivity index (χ3v) is 11.6. The number of rotatable bonds is 25. The van der Waals surface area contributed by atoms with Crippen LogP contribution in [-0.2, 0) is 75.1 Å². The van der Waals surface area contributed by atoms with Crippen molar-refractivity contribution in [2.45, 2.75) is 122 Å². The Kier molecular flexibility index (Phi) is 21.0. The van der Waals surface area contributed by atoms with Gasteiger partial charge in [0, 0.05) is 37.9 Å². The molecule has 1 aromatic carbocycles. The van der Waals surface area contributed by atoms with Crippen LogP contribution in [0, 0.1) is 11.3 Å². The van der Waals surface area contributed by atoms with Gasteiger partial charge in [0.15, 0.2) is 0 Å². The normalized spacial score (nSPS) is 22.6. The number of methoxy groups -OCH3 is 1. The van der Waals surface area contributed by atoms with Gasteiger partial charge in [-0.2, -0.15) is 0 Å². The van der Waals surface area contributed by atoms with Gasteiger partial charge in [-0.1, -0.05) is 19.9 Å². The molecule has 3 heterocycles. The van der Waals surface area contributed by atoms with Crippen LogP contribution in [0.3, 0.4) is 0 Å². The molecular weight excluding hydrogens is 893 g/mol. The molecule has 3 aliphatic heterocycles. The minimum atomic E-state index is -1.40. The monoisotopic (exact) mass is 960 g/mol. The lowest BCUT2D eigenvalue weighted by molar-refractivity contribution is -0.188. The van der Waals surface area contributed by atoms with E-state index >= 15 is 0 Å². The van der Waals surface area contributed by atoms with E-state index in [0.29, 0.717) is 36.6 Å². The van der Waals surface area contributed by atoms with Crippen LogP contribution >= 0.6 is 0 Å². The Hall–Kier alpha value is -5.36. The van der Waals surface area contributed by atoms with Gasteiger partial charge in [-0.25, -0.2) is 0 Å². The second kappa shape index (κ2) is 25.8. The molecule has 22 heteroatoms. The lowest BCUT2D eigenvalue weighted by Gasteiger charge is -2.35. The molecule has 8 atom stereocenters. The van der Waals surface area contributed by atoms with Crippen molar-refractivity contribution in [2.75, 3.05) is 65.2 Å². The molecule has 378 valence electrons. The summed E-state index contributed by atoms with van der Waals surface area (Å²) >= 11 is 0. The Morgan fingerprint density at radius 2 is 1.51 bits per heavy atom. The zero-order chi connectivity index (χ0) is 50.3. The molecule has 68 heavy (non-hydrogen) atoms. The summed E-state index contributed by atoms with van der Waals surface area (Å²) in [4.78, 5) is 107. The van der Waals surface area contributed by atoms with E-state index in [4.69, 9.17) is 23.7 Å². The first-order valence-electron chi connectivity index (χ1n) is 22.7. The summed E-state index contributed by atoms with van der Waals surface area (Å²) in [5.74, 6) is -5.49. The fraction of sp³-hybridized carbons (Fsp3) is 0.652. The number of ether oxygens (including phenoxy) is 5. The van der Waals surface area contributed by atoms with Crippen LogP contribution in [0.1, 0.15) is 71.9 Å². The molecule has 0 spiro atoms. The van der Waals surface area contributed by atoms with Crippen molar-refractivity contribution in [3.8, 4) is 0 Å². The van der Waals surface area contributed by atoms with Crippen LogP contribution < -0.4 is 21.3 Å². The van der Waals surface area contributed by atoms with Crippen LogP contribution in [0.2, 0.25) is 0 Å². The molecule has 0 bridgehead atoms. The van der Waals surface area contributed by atoms with Gasteiger partial charge in [-0.15, -0.1) is 0 Å². The molecule has 1 aromatic rings. The van der Waals surface area contributed by atoms with E-state index in [9.17, 15) is 53.7 Å². The van der Waals surface area contributed by atoms with Crippen molar-refractivity contribution in [3.05, 3.63) is 41.5 Å². The van der Waals surface area contributed by atoms with E-state index in [1.54, 1.807) is 59.9 Å². The molecular formula is C46H68N6O16. The van der Waals surface area contributed by atoms with Crippen LogP contribution in [0.15, 0.2) is 30.4 Å². The molecule has 0 aromatic heterocycles. The molecule has 7 N–H and O–H groups in total. The number of hydrogen-bond acceptors (Lipinski definition) is 16. The van der Waals surface area contributed by atoms with E-state index in [-0.39, 0.29) is 58.7 Å². The minimum absolute atomic E-state index is 0.0114. The molecule has 0 radical (unpaired) electrons. The highest BCUT2D eigenvalue weighted by molar-refractivity contribution is 6.15. The summed E-state index contributed by atoms with van der Waals surface area (Å²) in [6, 6.07) is 0.549. The molecule has 4 rings (SSSR count). The largest absolute Gasteiger partial charge is 0.460 e. The highest BCUT2D eigenvalue weighted by Crippen LogP contribution is 2.27. The van der Waals surface area contributed by atoms with Crippen molar-refractivity contribution in [1.29, 1.82) is 0 Å². The quantitative estimate of drug-likeness (QED) is 0.0346. The number of nitrogens with one attached hydrogen (secondary N) is 4. The zero-order valence-corrected chi connectivity index (χ0v) is 39.8. The van der Waals surface area contributed by atoms with Crippen molar-refractivity contribution < 1.29 is 77.4 Å². The van der Waals surface area contributed by atoms with E-state index < -0.39 is 114 Å². The maximum atomic E-state index is 13.8. The van der Waals surface area contributed by atoms with Crippen LogP contribution in [0.4, 0.5) is 5.69 Å². The van der Waals surface area contributed by atoms with Crippen LogP contribution in [0.25, 0.3) is 0 Å². The smallest absolute Gasteiger partial charge is 0.311 e. The molecule has 0 unspecified atom stereocenters. The zero-order valence-electron chi connectivity index (χ0n) is 39.8. The lowest BCUT2D eigenvalue weighted by atomic mass is 9.93. The lowest BCUT2D eigenvalue weighted by Crippen LogP contribution is -2.56. The van der Waals surface area contributed by atoms with E-state index in [2.05, 4.69) is 21.3 Å². The number of aryl methyl sites for hydroxylation is 1. The highest BCUT2D eigenvalue weighted by Gasteiger charge is 2.47. The number of imide groups is 1. The Morgan fingerprint density at radius 3 is 2.16 bits per heavy atom. The third-order valence-electron chi connectivity index (χ3n) is 11.6. The predicted octanol–water partition coefficient (Wildman–Crippen LogP) is -1.15. The summed E-state index contributed by atoms with van der Waals surface area (Å²) in [7, 11) is 1.56. The Balaban J connectivity index is 1.38. The van der Waals surface area contributed by atoms with Gasteiger partial charge in [-0.3, -0.25) is 43.3 Å². The van der Waals surface area contributed by atoms with Crippen molar-refractivity contribution in [2.24, 2.45) is 11.3 Å². The summed E-state index contributed by atoms with van der Waals surface area (Å²) in [6.45, 7) is 10.5. The van der Waals surface area contributed by atoms with E-state index in [0.717, 1.165) is 22.0 Å².